The average Bonchev–Trinajstić information content (AvgIpc) is 3.26. The summed E-state index contributed by atoms with van der Waals surface area (Å²) in [7, 11) is 1.62. The largest absolute Gasteiger partial charge is 0.497 e. The van der Waals surface area contributed by atoms with Crippen molar-refractivity contribution < 1.29 is 14.1 Å². The number of H-pyrrole nitrogens is 1. The molecule has 0 fully saturated rings. The summed E-state index contributed by atoms with van der Waals surface area (Å²) >= 11 is 6.01. The van der Waals surface area contributed by atoms with Crippen molar-refractivity contribution in [3.63, 3.8) is 0 Å². The van der Waals surface area contributed by atoms with E-state index in [1.54, 1.807) is 12.0 Å². The van der Waals surface area contributed by atoms with E-state index in [1.807, 2.05) is 24.3 Å². The summed E-state index contributed by atoms with van der Waals surface area (Å²) < 4.78 is 10.8. The molecule has 8 heteroatoms. The molecule has 0 saturated heterocycles. The third kappa shape index (κ3) is 2.76. The van der Waals surface area contributed by atoms with Crippen LogP contribution in [0.5, 0.6) is 5.75 Å². The zero-order valence-corrected chi connectivity index (χ0v) is 14.2. The third-order valence-corrected chi connectivity index (χ3v) is 4.55. The van der Waals surface area contributed by atoms with E-state index in [-0.39, 0.29) is 5.91 Å². The summed E-state index contributed by atoms with van der Waals surface area (Å²) in [6, 6.07) is 7.59. The highest BCUT2D eigenvalue weighted by Gasteiger charge is 2.29. The highest BCUT2D eigenvalue weighted by molar-refractivity contribution is 6.33. The van der Waals surface area contributed by atoms with Gasteiger partial charge < -0.3 is 14.2 Å². The lowest BCUT2D eigenvalue weighted by atomic mass is 10.0. The van der Waals surface area contributed by atoms with E-state index >= 15 is 0 Å². The number of rotatable bonds is 3. The summed E-state index contributed by atoms with van der Waals surface area (Å²) in [6.45, 7) is 0.938. The van der Waals surface area contributed by atoms with E-state index in [0.29, 0.717) is 30.2 Å². The number of aromatic amines is 1. The van der Waals surface area contributed by atoms with E-state index < -0.39 is 0 Å². The lowest BCUT2D eigenvalue weighted by Crippen LogP contribution is -2.36. The number of halogens is 1. The second-order valence-electron chi connectivity index (χ2n) is 5.73. The maximum absolute atomic E-state index is 12.7. The van der Waals surface area contributed by atoms with Crippen molar-refractivity contribution in [1.29, 1.82) is 0 Å². The quantitative estimate of drug-likeness (QED) is 0.778. The van der Waals surface area contributed by atoms with E-state index in [0.717, 1.165) is 28.3 Å². The minimum absolute atomic E-state index is 0.189. The van der Waals surface area contributed by atoms with Gasteiger partial charge in [0.15, 0.2) is 0 Å². The second kappa shape index (κ2) is 6.25. The zero-order chi connectivity index (χ0) is 17.4. The summed E-state index contributed by atoms with van der Waals surface area (Å²) in [5, 5.41) is 11.0. The average molecular weight is 359 g/mol. The fraction of sp³-hybridized carbons (Fsp3) is 0.235. The molecule has 1 aliphatic rings. The van der Waals surface area contributed by atoms with E-state index in [4.69, 9.17) is 20.9 Å². The number of carbonyl (C=O) groups is 1. The number of hydrogen-bond donors (Lipinski definition) is 1. The van der Waals surface area contributed by atoms with Crippen molar-refractivity contribution in [2.75, 3.05) is 13.7 Å². The number of amides is 1. The molecule has 3 aromatic rings. The molecule has 1 aromatic carbocycles. The maximum Gasteiger partial charge on any atom is 0.273 e. The fourth-order valence-corrected chi connectivity index (χ4v) is 3.13. The Morgan fingerprint density at radius 1 is 1.44 bits per heavy atom. The fourth-order valence-electron chi connectivity index (χ4n) is 2.96. The summed E-state index contributed by atoms with van der Waals surface area (Å²) in [5.74, 6) is 1.35. The first kappa shape index (κ1) is 15.7. The van der Waals surface area contributed by atoms with Gasteiger partial charge >= 0.3 is 0 Å². The van der Waals surface area contributed by atoms with Gasteiger partial charge in [-0.05, 0) is 12.1 Å². The first-order chi connectivity index (χ1) is 12.2. The third-order valence-electron chi connectivity index (χ3n) is 4.26. The molecule has 0 unspecified atom stereocenters. The minimum Gasteiger partial charge on any atom is -0.497 e. The summed E-state index contributed by atoms with van der Waals surface area (Å²) in [5.41, 5.74) is 2.81. The molecule has 0 radical (unpaired) electrons. The first-order valence-electron chi connectivity index (χ1n) is 7.77. The topological polar surface area (TPSA) is 84.3 Å². The van der Waals surface area contributed by atoms with Gasteiger partial charge in [0.1, 0.15) is 22.9 Å². The standard InChI is InChI=1S/C17H15ClN4O3/c1-24-11-4-2-3-10(7-11)15-12-9-22(6-5-14(12)25-21-15)17(23)16-13(18)8-19-20-16/h2-4,7-8H,5-6,9H2,1H3,(H,19,20). The molecule has 1 aliphatic heterocycles. The van der Waals surface area contributed by atoms with Gasteiger partial charge in [0, 0.05) is 24.1 Å². The zero-order valence-electron chi connectivity index (χ0n) is 13.5. The molecule has 0 aliphatic carbocycles. The SMILES string of the molecule is COc1cccc(-c2noc3c2CN(C(=O)c2[nH]ncc2Cl)CC3)c1. The molecular formula is C17H15ClN4O3. The summed E-state index contributed by atoms with van der Waals surface area (Å²) in [4.78, 5) is 14.4. The molecule has 2 aromatic heterocycles. The van der Waals surface area contributed by atoms with Crippen LogP contribution >= 0.6 is 11.6 Å². The predicted octanol–water partition coefficient (Wildman–Crippen LogP) is 2.93. The molecule has 128 valence electrons. The van der Waals surface area contributed by atoms with Crippen LogP contribution in [0.3, 0.4) is 0 Å². The number of benzene rings is 1. The molecule has 0 atom stereocenters. The molecule has 7 nitrogen and oxygen atoms in total. The van der Waals surface area contributed by atoms with Crippen LogP contribution in [0.2, 0.25) is 5.02 Å². The molecule has 3 heterocycles. The van der Waals surface area contributed by atoms with Gasteiger partial charge in [-0.15, -0.1) is 0 Å². The monoisotopic (exact) mass is 358 g/mol. The van der Waals surface area contributed by atoms with Crippen molar-refractivity contribution in [3.05, 3.63) is 52.5 Å². The molecule has 1 N–H and O–H groups in total. The normalized spacial score (nSPS) is 13.6. The molecule has 25 heavy (non-hydrogen) atoms. The van der Waals surface area contributed by atoms with Crippen LogP contribution in [0.15, 0.2) is 35.0 Å². The predicted molar refractivity (Wildman–Crippen MR) is 90.5 cm³/mol. The number of nitrogens with zero attached hydrogens (tertiary/aromatic N) is 3. The number of nitrogens with one attached hydrogen (secondary N) is 1. The Labute approximate surface area is 148 Å². The Balaban J connectivity index is 1.66. The van der Waals surface area contributed by atoms with Crippen LogP contribution < -0.4 is 4.74 Å². The van der Waals surface area contributed by atoms with Gasteiger partial charge in [-0.1, -0.05) is 28.9 Å². The number of carbonyl (C=O) groups excluding carboxylic acids is 1. The molecule has 1 amide bonds. The molecule has 4 rings (SSSR count). The number of ether oxygens (including phenoxy) is 1. The lowest BCUT2D eigenvalue weighted by molar-refractivity contribution is 0.0723. The number of methoxy groups -OCH3 is 1. The van der Waals surface area contributed by atoms with Gasteiger partial charge in [0.25, 0.3) is 5.91 Å². The van der Waals surface area contributed by atoms with Gasteiger partial charge in [-0.25, -0.2) is 0 Å². The van der Waals surface area contributed by atoms with Crippen molar-refractivity contribution >= 4 is 17.5 Å². The van der Waals surface area contributed by atoms with Gasteiger partial charge in [-0.3, -0.25) is 9.89 Å². The Bertz CT molecular complexity index is 934. The summed E-state index contributed by atoms with van der Waals surface area (Å²) in [6.07, 6.45) is 2.02. The second-order valence-corrected chi connectivity index (χ2v) is 6.14. The van der Waals surface area contributed by atoms with Crippen LogP contribution in [0.4, 0.5) is 0 Å². The van der Waals surface area contributed by atoms with Crippen LogP contribution in [-0.2, 0) is 13.0 Å². The lowest BCUT2D eigenvalue weighted by Gasteiger charge is -2.25. The van der Waals surface area contributed by atoms with Crippen LogP contribution in [0.25, 0.3) is 11.3 Å². The van der Waals surface area contributed by atoms with Crippen molar-refractivity contribution in [2.45, 2.75) is 13.0 Å². The van der Waals surface area contributed by atoms with E-state index in [1.165, 1.54) is 6.20 Å². The molecular weight excluding hydrogens is 344 g/mol. The van der Waals surface area contributed by atoms with E-state index in [2.05, 4.69) is 15.4 Å². The Hall–Kier alpha value is -2.80. The van der Waals surface area contributed by atoms with Gasteiger partial charge in [0.2, 0.25) is 0 Å². The minimum atomic E-state index is -0.189. The Morgan fingerprint density at radius 2 is 2.32 bits per heavy atom. The van der Waals surface area contributed by atoms with Gasteiger partial charge in [0.05, 0.1) is 24.9 Å². The van der Waals surface area contributed by atoms with Crippen molar-refractivity contribution in [2.24, 2.45) is 0 Å². The van der Waals surface area contributed by atoms with Crippen LogP contribution in [-0.4, -0.2) is 39.8 Å². The number of aromatic nitrogens is 3. The number of fused-ring (bicyclic) bond motifs is 1. The first-order valence-corrected chi connectivity index (χ1v) is 8.15. The van der Waals surface area contributed by atoms with Gasteiger partial charge in [-0.2, -0.15) is 5.10 Å². The Morgan fingerprint density at radius 3 is 3.08 bits per heavy atom. The Kier molecular flexibility index (Phi) is 3.93. The molecule has 0 saturated carbocycles. The van der Waals surface area contributed by atoms with Crippen LogP contribution in [0.1, 0.15) is 21.8 Å². The molecule has 0 spiro atoms. The highest BCUT2D eigenvalue weighted by atomic mass is 35.5. The van der Waals surface area contributed by atoms with Crippen LogP contribution in [0, 0.1) is 0 Å². The number of hydrogen-bond acceptors (Lipinski definition) is 5. The van der Waals surface area contributed by atoms with Crippen molar-refractivity contribution in [3.8, 4) is 17.0 Å². The maximum atomic E-state index is 12.7. The highest BCUT2D eigenvalue weighted by Crippen LogP contribution is 2.32. The smallest absolute Gasteiger partial charge is 0.273 e. The van der Waals surface area contributed by atoms with Crippen molar-refractivity contribution in [1.82, 2.24) is 20.3 Å². The van der Waals surface area contributed by atoms with E-state index in [9.17, 15) is 4.79 Å². The molecule has 0 bridgehead atoms.